The predicted molar refractivity (Wildman–Crippen MR) is 96.9 cm³/mol. The number of ketones is 2. The molecule has 0 unspecified atom stereocenters. The first-order valence-corrected chi connectivity index (χ1v) is 8.53. The molecule has 1 aromatic carbocycles. The standard InChI is InChI=1S/C21H21NO3/c1-4-21(5-2)20(24)18(17-8-6-7-13-22-17)19(25-21)16-11-9-15(10-12-16)14(3)23/h6-13H,4-5H2,1-3H3. The van der Waals surface area contributed by atoms with E-state index in [2.05, 4.69) is 4.98 Å². The molecule has 0 bridgehead atoms. The molecular formula is C21H21NO3. The normalized spacial score (nSPS) is 16.0. The second-order valence-electron chi connectivity index (χ2n) is 6.19. The second kappa shape index (κ2) is 6.63. The highest BCUT2D eigenvalue weighted by atomic mass is 16.5. The molecule has 0 fully saturated rings. The van der Waals surface area contributed by atoms with Gasteiger partial charge in [-0.25, -0.2) is 0 Å². The Bertz CT molecular complexity index is 831. The Morgan fingerprint density at radius 3 is 2.28 bits per heavy atom. The van der Waals surface area contributed by atoms with E-state index in [0.717, 1.165) is 5.56 Å². The quantitative estimate of drug-likeness (QED) is 0.764. The second-order valence-corrected chi connectivity index (χ2v) is 6.19. The number of hydrogen-bond donors (Lipinski definition) is 0. The molecule has 4 nitrogen and oxygen atoms in total. The van der Waals surface area contributed by atoms with E-state index in [1.54, 1.807) is 18.3 Å². The fourth-order valence-electron chi connectivity index (χ4n) is 3.14. The maximum absolute atomic E-state index is 13.2. The number of pyridine rings is 1. The van der Waals surface area contributed by atoms with E-state index in [1.807, 2.05) is 44.2 Å². The fourth-order valence-corrected chi connectivity index (χ4v) is 3.14. The maximum Gasteiger partial charge on any atom is 0.212 e. The van der Waals surface area contributed by atoms with Crippen molar-refractivity contribution in [3.63, 3.8) is 0 Å². The molecule has 0 saturated carbocycles. The average molecular weight is 335 g/mol. The van der Waals surface area contributed by atoms with Crippen molar-refractivity contribution in [3.8, 4) is 0 Å². The first kappa shape index (κ1) is 17.1. The van der Waals surface area contributed by atoms with E-state index in [0.29, 0.717) is 35.4 Å². The van der Waals surface area contributed by atoms with Crippen LogP contribution in [-0.2, 0) is 9.53 Å². The monoisotopic (exact) mass is 335 g/mol. The smallest absolute Gasteiger partial charge is 0.212 e. The Hall–Kier alpha value is -2.75. The third-order valence-corrected chi connectivity index (χ3v) is 4.78. The molecule has 0 saturated heterocycles. The van der Waals surface area contributed by atoms with Gasteiger partial charge in [0.1, 0.15) is 5.76 Å². The van der Waals surface area contributed by atoms with Crippen LogP contribution in [0.1, 0.15) is 55.2 Å². The lowest BCUT2D eigenvalue weighted by Gasteiger charge is -2.25. The summed E-state index contributed by atoms with van der Waals surface area (Å²) in [6.45, 7) is 5.45. The molecule has 0 aliphatic carbocycles. The van der Waals surface area contributed by atoms with Gasteiger partial charge in [0, 0.05) is 17.3 Å². The molecule has 1 aromatic heterocycles. The summed E-state index contributed by atoms with van der Waals surface area (Å²) in [6.07, 6.45) is 2.85. The fraction of sp³-hybridized carbons (Fsp3) is 0.286. The van der Waals surface area contributed by atoms with Crippen LogP contribution in [0.15, 0.2) is 48.7 Å². The van der Waals surface area contributed by atoms with Crippen molar-refractivity contribution in [1.82, 2.24) is 4.98 Å². The number of hydrogen-bond acceptors (Lipinski definition) is 4. The Balaban J connectivity index is 2.15. The number of carbonyl (C=O) groups is 2. The highest BCUT2D eigenvalue weighted by Gasteiger charge is 2.47. The van der Waals surface area contributed by atoms with E-state index in [9.17, 15) is 9.59 Å². The zero-order chi connectivity index (χ0) is 18.0. The SMILES string of the molecule is CCC1(CC)OC(c2ccc(C(C)=O)cc2)=C(c2ccccn2)C1=O. The summed E-state index contributed by atoms with van der Waals surface area (Å²) in [5, 5.41) is 0. The molecule has 0 spiro atoms. The Labute approximate surface area is 147 Å². The van der Waals surface area contributed by atoms with Crippen LogP contribution in [0.3, 0.4) is 0 Å². The van der Waals surface area contributed by atoms with Gasteiger partial charge in [-0.05, 0) is 31.9 Å². The molecule has 2 aromatic rings. The van der Waals surface area contributed by atoms with Crippen LogP contribution in [-0.4, -0.2) is 22.2 Å². The van der Waals surface area contributed by atoms with Crippen LogP contribution in [0.2, 0.25) is 0 Å². The van der Waals surface area contributed by atoms with Crippen LogP contribution in [0.4, 0.5) is 0 Å². The van der Waals surface area contributed by atoms with Gasteiger partial charge in [-0.15, -0.1) is 0 Å². The molecule has 0 radical (unpaired) electrons. The summed E-state index contributed by atoms with van der Waals surface area (Å²) in [6, 6.07) is 12.7. The minimum absolute atomic E-state index is 0.00496. The molecule has 25 heavy (non-hydrogen) atoms. The molecule has 0 amide bonds. The van der Waals surface area contributed by atoms with Gasteiger partial charge in [0.05, 0.1) is 11.3 Å². The van der Waals surface area contributed by atoms with E-state index >= 15 is 0 Å². The first-order chi connectivity index (χ1) is 12.0. The summed E-state index contributed by atoms with van der Waals surface area (Å²) >= 11 is 0. The molecule has 1 aliphatic heterocycles. The summed E-state index contributed by atoms with van der Waals surface area (Å²) in [5.41, 5.74) is 1.69. The number of nitrogens with zero attached hydrogens (tertiary/aromatic N) is 1. The minimum atomic E-state index is -0.846. The third kappa shape index (κ3) is 2.88. The van der Waals surface area contributed by atoms with E-state index < -0.39 is 5.60 Å². The zero-order valence-corrected chi connectivity index (χ0v) is 14.7. The molecule has 1 aliphatic rings. The number of Topliss-reactive ketones (excluding diaryl/α,β-unsaturated/α-hetero) is 2. The molecule has 0 N–H and O–H groups in total. The van der Waals surface area contributed by atoms with Gasteiger partial charge in [-0.2, -0.15) is 0 Å². The topological polar surface area (TPSA) is 56.3 Å². The van der Waals surface area contributed by atoms with E-state index in [4.69, 9.17) is 4.74 Å². The van der Waals surface area contributed by atoms with Gasteiger partial charge >= 0.3 is 0 Å². The minimum Gasteiger partial charge on any atom is -0.478 e. The summed E-state index contributed by atoms with van der Waals surface area (Å²) < 4.78 is 6.22. The van der Waals surface area contributed by atoms with Crippen molar-refractivity contribution in [3.05, 3.63) is 65.5 Å². The van der Waals surface area contributed by atoms with Crippen LogP contribution in [0, 0.1) is 0 Å². The van der Waals surface area contributed by atoms with Crippen molar-refractivity contribution < 1.29 is 14.3 Å². The third-order valence-electron chi connectivity index (χ3n) is 4.78. The number of rotatable bonds is 5. The summed E-state index contributed by atoms with van der Waals surface area (Å²) in [4.78, 5) is 29.0. The van der Waals surface area contributed by atoms with Crippen molar-refractivity contribution >= 4 is 22.9 Å². The lowest BCUT2D eigenvalue weighted by atomic mass is 9.88. The molecular weight excluding hydrogens is 314 g/mol. The van der Waals surface area contributed by atoms with Gasteiger partial charge in [-0.1, -0.05) is 44.2 Å². The van der Waals surface area contributed by atoms with Crippen LogP contribution in [0.25, 0.3) is 11.3 Å². The number of carbonyl (C=O) groups excluding carboxylic acids is 2. The Kier molecular flexibility index (Phi) is 4.53. The van der Waals surface area contributed by atoms with Crippen LogP contribution < -0.4 is 0 Å². The molecule has 4 heteroatoms. The lowest BCUT2D eigenvalue weighted by Crippen LogP contribution is -2.35. The summed E-state index contributed by atoms with van der Waals surface area (Å²) in [7, 11) is 0. The maximum atomic E-state index is 13.2. The van der Waals surface area contributed by atoms with Crippen molar-refractivity contribution in [2.75, 3.05) is 0 Å². The van der Waals surface area contributed by atoms with E-state index in [1.165, 1.54) is 6.92 Å². The Morgan fingerprint density at radius 1 is 1.08 bits per heavy atom. The first-order valence-electron chi connectivity index (χ1n) is 8.53. The van der Waals surface area contributed by atoms with Gasteiger partial charge < -0.3 is 4.74 Å². The summed E-state index contributed by atoms with van der Waals surface area (Å²) in [5.74, 6) is 0.523. The number of ether oxygens (including phenoxy) is 1. The number of aromatic nitrogens is 1. The average Bonchev–Trinajstić information content (AvgIpc) is 2.95. The predicted octanol–water partition coefficient (Wildman–Crippen LogP) is 4.31. The van der Waals surface area contributed by atoms with Gasteiger partial charge in [0.25, 0.3) is 0 Å². The number of benzene rings is 1. The van der Waals surface area contributed by atoms with Gasteiger partial charge in [0.15, 0.2) is 11.4 Å². The van der Waals surface area contributed by atoms with Crippen molar-refractivity contribution in [2.45, 2.75) is 39.2 Å². The molecule has 0 atom stereocenters. The van der Waals surface area contributed by atoms with Crippen molar-refractivity contribution in [2.24, 2.45) is 0 Å². The van der Waals surface area contributed by atoms with Crippen LogP contribution in [0.5, 0.6) is 0 Å². The van der Waals surface area contributed by atoms with Crippen molar-refractivity contribution in [1.29, 1.82) is 0 Å². The zero-order valence-electron chi connectivity index (χ0n) is 14.7. The van der Waals surface area contributed by atoms with E-state index in [-0.39, 0.29) is 11.6 Å². The molecule has 2 heterocycles. The molecule has 3 rings (SSSR count). The molecule has 128 valence electrons. The lowest BCUT2D eigenvalue weighted by molar-refractivity contribution is -0.128. The van der Waals surface area contributed by atoms with Crippen LogP contribution >= 0.6 is 0 Å². The highest BCUT2D eigenvalue weighted by molar-refractivity contribution is 6.32. The van der Waals surface area contributed by atoms with Gasteiger partial charge in [0.2, 0.25) is 5.78 Å². The Morgan fingerprint density at radius 2 is 1.76 bits per heavy atom. The highest BCUT2D eigenvalue weighted by Crippen LogP contribution is 2.44. The largest absolute Gasteiger partial charge is 0.478 e. The van der Waals surface area contributed by atoms with Gasteiger partial charge in [-0.3, -0.25) is 14.6 Å².